The van der Waals surface area contributed by atoms with Crippen LogP contribution >= 0.6 is 7.82 Å². The summed E-state index contributed by atoms with van der Waals surface area (Å²) in [5, 5.41) is 0. The molecular weight excluding hydrogens is 161 g/mol. The van der Waals surface area contributed by atoms with Crippen LogP contribution in [0.15, 0.2) is 4.42 Å². The molecule has 0 aliphatic carbocycles. The Kier molecular flexibility index (Phi) is 0.478. The van der Waals surface area contributed by atoms with Crippen molar-refractivity contribution in [2.24, 2.45) is 0 Å². The minimum Gasteiger partial charge on any atom is -0.372 e. The lowest BCUT2D eigenvalue weighted by Gasteiger charge is -2.10. The first-order valence-corrected chi connectivity index (χ1v) is 3.91. The number of phosphoric acid groups is 1. The first-order chi connectivity index (χ1) is 4.75. The van der Waals surface area contributed by atoms with Crippen molar-refractivity contribution in [3.05, 3.63) is 0 Å². The van der Waals surface area contributed by atoms with Gasteiger partial charge in [0.15, 0.2) is 0 Å². The summed E-state index contributed by atoms with van der Waals surface area (Å²) in [7, 11) is -3.36. The third-order valence-corrected chi connectivity index (χ3v) is 2.30. The molecule has 4 rings (SSSR count). The second kappa shape index (κ2) is 1.03. The second-order valence-electron chi connectivity index (χ2n) is 1.79. The molecule has 1 atom stereocenters. The summed E-state index contributed by atoms with van der Waals surface area (Å²) in [5.41, 5.74) is 0. The molecule has 0 N–H and O–H groups in total. The summed E-state index contributed by atoms with van der Waals surface area (Å²) in [6, 6.07) is 0. The zero-order chi connectivity index (χ0) is 6.77. The molecule has 0 radical (unpaired) electrons. The molecule has 6 nitrogen and oxygen atoms in total. The largest absolute Gasteiger partial charge is 0.654 e. The van der Waals surface area contributed by atoms with E-state index in [1.54, 1.807) is 0 Å². The van der Waals surface area contributed by atoms with Crippen molar-refractivity contribution in [2.45, 2.75) is 0 Å². The van der Waals surface area contributed by atoms with Crippen LogP contribution in [0.2, 0.25) is 0 Å². The van der Waals surface area contributed by atoms with Crippen LogP contribution in [-0.4, -0.2) is 4.98 Å². The fraction of sp³-hybridized carbons (Fsp3) is 0. The maximum Gasteiger partial charge on any atom is 0.654 e. The van der Waals surface area contributed by atoms with Gasteiger partial charge in [0, 0.05) is 0 Å². The summed E-state index contributed by atoms with van der Waals surface area (Å²) in [6.45, 7) is 0. The Labute approximate surface area is 54.3 Å². The van der Waals surface area contributed by atoms with Crippen LogP contribution in [0.1, 0.15) is 0 Å². The van der Waals surface area contributed by atoms with Crippen LogP contribution in [0, 0.1) is 0 Å². The molecule has 3 aliphatic rings. The highest BCUT2D eigenvalue weighted by molar-refractivity contribution is 7.50. The van der Waals surface area contributed by atoms with Crippen LogP contribution in [0.3, 0.4) is 0 Å². The quantitative estimate of drug-likeness (QED) is 0.527. The predicted molar refractivity (Wildman–Crippen MR) is 26.0 cm³/mol. The van der Waals surface area contributed by atoms with Gasteiger partial charge in [0.1, 0.15) is 0 Å². The van der Waals surface area contributed by atoms with Gasteiger partial charge < -0.3 is 18.0 Å². The van der Waals surface area contributed by atoms with E-state index in [0.717, 1.165) is 0 Å². The van der Waals surface area contributed by atoms with Gasteiger partial charge in [-0.25, -0.2) is 0 Å². The van der Waals surface area contributed by atoms with E-state index in [-0.39, 0.29) is 17.9 Å². The molecule has 1 aromatic heterocycles. The summed E-state index contributed by atoms with van der Waals surface area (Å²) in [6.07, 6.45) is -0.0502. The molecule has 3 aliphatic heterocycles. The lowest BCUT2D eigenvalue weighted by atomic mass is 10.8. The number of rotatable bonds is 0. The van der Waals surface area contributed by atoms with Crippen LogP contribution < -0.4 is 13.6 Å². The Bertz CT molecular complexity index is 320. The molecule has 7 heteroatoms. The predicted octanol–water partition coefficient (Wildman–Crippen LogP) is 0.946. The highest BCUT2D eigenvalue weighted by Gasteiger charge is 2.51. The van der Waals surface area contributed by atoms with E-state index < -0.39 is 7.82 Å². The molecule has 10 heavy (non-hydrogen) atoms. The lowest BCUT2D eigenvalue weighted by molar-refractivity contribution is 0.215. The third kappa shape index (κ3) is 0.349. The van der Waals surface area contributed by atoms with E-state index in [2.05, 4.69) is 18.6 Å². The Morgan fingerprint density at radius 1 is 1.30 bits per heavy atom. The van der Waals surface area contributed by atoms with Gasteiger partial charge in [-0.3, -0.25) is 0 Å². The molecule has 0 aromatic carbocycles. The smallest absolute Gasteiger partial charge is 0.372 e. The van der Waals surface area contributed by atoms with Gasteiger partial charge in [-0.1, -0.05) is 0 Å². The topological polar surface area (TPSA) is 70.8 Å². The number of oxazole rings is 1. The van der Waals surface area contributed by atoms with E-state index in [4.69, 9.17) is 4.42 Å². The van der Waals surface area contributed by atoms with Gasteiger partial charge in [-0.2, -0.15) is 4.57 Å². The normalized spacial score (nSPS) is 31.2. The molecule has 0 saturated heterocycles. The number of hydrogen-bond donors (Lipinski definition) is 0. The molecule has 52 valence electrons. The van der Waals surface area contributed by atoms with Gasteiger partial charge in [-0.15, -0.1) is 4.98 Å². The second-order valence-corrected chi connectivity index (χ2v) is 3.24. The van der Waals surface area contributed by atoms with Crippen molar-refractivity contribution in [3.8, 4) is 17.9 Å². The number of nitrogens with zero attached hydrogens (tertiary/aromatic N) is 1. The fourth-order valence-electron chi connectivity index (χ4n) is 0.788. The average molecular weight is 161 g/mol. The van der Waals surface area contributed by atoms with Crippen molar-refractivity contribution < 1.29 is 22.6 Å². The number of phosphoric ester groups is 1. The van der Waals surface area contributed by atoms with Crippen LogP contribution in [0.4, 0.5) is 0 Å². The molecule has 1 unspecified atom stereocenters. The molecule has 0 fully saturated rings. The van der Waals surface area contributed by atoms with Crippen molar-refractivity contribution >= 4 is 7.82 Å². The molecule has 1 aromatic rings. The monoisotopic (exact) mass is 161 g/mol. The fourth-order valence-corrected chi connectivity index (χ4v) is 1.81. The average Bonchev–Trinajstić information content (AvgIpc) is 2.16. The highest BCUT2D eigenvalue weighted by atomic mass is 31.2. The van der Waals surface area contributed by atoms with E-state index >= 15 is 0 Å². The van der Waals surface area contributed by atoms with E-state index in [0.29, 0.717) is 0 Å². The minimum absolute atomic E-state index is 0.0459. The zero-order valence-corrected chi connectivity index (χ0v) is 5.33. The van der Waals surface area contributed by atoms with E-state index in [1.165, 1.54) is 0 Å². The van der Waals surface area contributed by atoms with Crippen molar-refractivity contribution in [1.82, 2.24) is 4.98 Å². The van der Waals surface area contributed by atoms with E-state index in [9.17, 15) is 4.57 Å². The number of aromatic nitrogens is 1. The summed E-state index contributed by atoms with van der Waals surface area (Å²) < 4.78 is 29.5. The molecule has 0 spiro atoms. The number of hydrogen-bond acceptors (Lipinski definition) is 6. The van der Waals surface area contributed by atoms with Gasteiger partial charge in [0.05, 0.1) is 0 Å². The molecule has 0 saturated carbocycles. The lowest BCUT2D eigenvalue weighted by Crippen LogP contribution is -2.05. The summed E-state index contributed by atoms with van der Waals surface area (Å²) >= 11 is 0. The summed E-state index contributed by atoms with van der Waals surface area (Å²) in [4.78, 5) is 3.59. The van der Waals surface area contributed by atoms with E-state index in [1.807, 2.05) is 0 Å². The van der Waals surface area contributed by atoms with Crippen LogP contribution in [0.5, 0.6) is 17.9 Å². The molecule has 4 heterocycles. The molecular formula is C3NO5P. The Morgan fingerprint density at radius 3 is 2.80 bits per heavy atom. The first kappa shape index (κ1) is 4.62. The van der Waals surface area contributed by atoms with Crippen LogP contribution in [-0.2, 0) is 4.57 Å². The standard InChI is InChI=1S/C3NO5P/c5-10-7-1-2(8-10)6-3(4-1)9-10. The van der Waals surface area contributed by atoms with Gasteiger partial charge in [0.25, 0.3) is 0 Å². The van der Waals surface area contributed by atoms with Crippen molar-refractivity contribution in [1.29, 1.82) is 0 Å². The highest BCUT2D eigenvalue weighted by Crippen LogP contribution is 2.63. The van der Waals surface area contributed by atoms with Crippen molar-refractivity contribution in [2.75, 3.05) is 0 Å². The molecule has 0 amide bonds. The zero-order valence-electron chi connectivity index (χ0n) is 4.44. The van der Waals surface area contributed by atoms with Gasteiger partial charge in [0.2, 0.25) is 0 Å². The Balaban J connectivity index is 2.43. The first-order valence-electron chi connectivity index (χ1n) is 2.45. The van der Waals surface area contributed by atoms with Crippen LogP contribution in [0.25, 0.3) is 0 Å². The molecule has 4 bridgehead atoms. The maximum absolute atomic E-state index is 11.0. The Morgan fingerprint density at radius 2 is 2.20 bits per heavy atom. The van der Waals surface area contributed by atoms with Gasteiger partial charge in [-0.05, 0) is 0 Å². The van der Waals surface area contributed by atoms with Crippen molar-refractivity contribution in [3.63, 3.8) is 0 Å². The third-order valence-electron chi connectivity index (χ3n) is 1.13. The van der Waals surface area contributed by atoms with Gasteiger partial charge >= 0.3 is 25.7 Å². The SMILES string of the molecule is O=P12Oc3nc(c(o3)O1)O2. The Hall–Kier alpha value is -1.16. The minimum atomic E-state index is -3.36. The maximum atomic E-state index is 11.0. The summed E-state index contributed by atoms with van der Waals surface area (Å²) in [5.74, 6) is 0.161.